The molecule has 0 saturated carbocycles. The zero-order chi connectivity index (χ0) is 20.0. The van der Waals surface area contributed by atoms with Crippen LogP contribution in [-0.4, -0.2) is 24.0 Å². The Morgan fingerprint density at radius 1 is 1.19 bits per heavy atom. The summed E-state index contributed by atoms with van der Waals surface area (Å²) in [6.07, 6.45) is 1.07. The summed E-state index contributed by atoms with van der Waals surface area (Å²) in [5, 5.41) is 16.7. The van der Waals surface area contributed by atoms with Gasteiger partial charge in [-0.1, -0.05) is 26.0 Å². The van der Waals surface area contributed by atoms with Crippen LogP contribution in [0, 0.1) is 10.1 Å². The number of nitrogens with zero attached hydrogens (tertiary/aromatic N) is 1. The van der Waals surface area contributed by atoms with Crippen molar-refractivity contribution in [2.24, 2.45) is 0 Å². The quantitative estimate of drug-likeness (QED) is 0.524. The first-order valence-electron chi connectivity index (χ1n) is 8.85. The van der Waals surface area contributed by atoms with E-state index in [-0.39, 0.29) is 17.3 Å². The molecule has 27 heavy (non-hydrogen) atoms. The van der Waals surface area contributed by atoms with Crippen LogP contribution in [0.5, 0.6) is 5.75 Å². The molecular formula is C20H25N3O4. The molecule has 0 fully saturated rings. The lowest BCUT2D eigenvalue weighted by atomic mass is 9.98. The first kappa shape index (κ1) is 20.2. The van der Waals surface area contributed by atoms with E-state index in [0.29, 0.717) is 11.6 Å². The number of non-ortho nitro benzene ring substituents is 1. The van der Waals surface area contributed by atoms with Gasteiger partial charge in [-0.15, -0.1) is 0 Å². The largest absolute Gasteiger partial charge is 0.494 e. The second kappa shape index (κ2) is 9.02. The summed E-state index contributed by atoms with van der Waals surface area (Å²) in [6, 6.07) is 11.6. The van der Waals surface area contributed by atoms with Crippen molar-refractivity contribution in [1.29, 1.82) is 0 Å². The second-order valence-electron chi connectivity index (χ2n) is 6.43. The topological polar surface area (TPSA) is 93.5 Å². The molecule has 0 aliphatic heterocycles. The average molecular weight is 371 g/mol. The number of amides is 1. The molecule has 7 nitrogen and oxygen atoms in total. The number of ether oxygens (including phenoxy) is 1. The Morgan fingerprint density at radius 3 is 2.41 bits per heavy atom. The minimum Gasteiger partial charge on any atom is -0.494 e. The monoisotopic (exact) mass is 371 g/mol. The van der Waals surface area contributed by atoms with Gasteiger partial charge in [0.15, 0.2) is 0 Å². The fourth-order valence-electron chi connectivity index (χ4n) is 2.60. The average Bonchev–Trinajstić information content (AvgIpc) is 2.67. The van der Waals surface area contributed by atoms with Crippen LogP contribution in [0.3, 0.4) is 0 Å². The predicted octanol–water partition coefficient (Wildman–Crippen LogP) is 4.56. The van der Waals surface area contributed by atoms with Crippen LogP contribution in [0.2, 0.25) is 0 Å². The summed E-state index contributed by atoms with van der Waals surface area (Å²) < 4.78 is 5.14. The maximum atomic E-state index is 12.5. The highest BCUT2D eigenvalue weighted by atomic mass is 16.6. The summed E-state index contributed by atoms with van der Waals surface area (Å²) in [5.74, 6) is 0.463. The Bertz CT molecular complexity index is 805. The number of nitro groups is 1. The summed E-state index contributed by atoms with van der Waals surface area (Å²) in [4.78, 5) is 22.8. The lowest BCUT2D eigenvalue weighted by Crippen LogP contribution is -2.32. The van der Waals surface area contributed by atoms with Crippen molar-refractivity contribution in [3.05, 3.63) is 58.1 Å². The SMILES string of the molecule is CC[C@H](C)c1ccc(N[C@H](C)C(=O)Nc2ccc([N+](=O)[O-])cc2OC)cc1. The van der Waals surface area contributed by atoms with Crippen LogP contribution in [0.4, 0.5) is 17.1 Å². The number of carbonyl (C=O) groups is 1. The summed E-state index contributed by atoms with van der Waals surface area (Å²) in [5.41, 5.74) is 2.39. The Hall–Kier alpha value is -3.09. The summed E-state index contributed by atoms with van der Waals surface area (Å²) in [7, 11) is 1.40. The molecule has 0 aliphatic carbocycles. The molecule has 2 aromatic rings. The minimum atomic E-state index is -0.513. The highest BCUT2D eigenvalue weighted by molar-refractivity contribution is 5.97. The lowest BCUT2D eigenvalue weighted by Gasteiger charge is -2.17. The number of benzene rings is 2. The van der Waals surface area contributed by atoms with Crippen molar-refractivity contribution in [3.8, 4) is 5.75 Å². The zero-order valence-corrected chi connectivity index (χ0v) is 16.0. The van der Waals surface area contributed by atoms with E-state index < -0.39 is 11.0 Å². The molecule has 2 N–H and O–H groups in total. The maximum Gasteiger partial charge on any atom is 0.273 e. The molecule has 2 aromatic carbocycles. The van der Waals surface area contributed by atoms with Gasteiger partial charge in [-0.25, -0.2) is 0 Å². The van der Waals surface area contributed by atoms with Crippen molar-refractivity contribution < 1.29 is 14.5 Å². The number of rotatable bonds is 8. The Labute approximate surface area is 158 Å². The third kappa shape index (κ3) is 5.20. The summed E-state index contributed by atoms with van der Waals surface area (Å²) in [6.45, 7) is 6.07. The van der Waals surface area contributed by atoms with E-state index in [9.17, 15) is 14.9 Å². The molecule has 0 aromatic heterocycles. The third-order valence-electron chi connectivity index (χ3n) is 4.52. The van der Waals surface area contributed by atoms with Crippen molar-refractivity contribution in [2.45, 2.75) is 39.2 Å². The van der Waals surface area contributed by atoms with Gasteiger partial charge >= 0.3 is 0 Å². The Morgan fingerprint density at radius 2 is 1.85 bits per heavy atom. The van der Waals surface area contributed by atoms with E-state index in [1.165, 1.54) is 30.9 Å². The van der Waals surface area contributed by atoms with Crippen LogP contribution < -0.4 is 15.4 Å². The second-order valence-corrected chi connectivity index (χ2v) is 6.43. The Kier molecular flexibility index (Phi) is 6.76. The smallest absolute Gasteiger partial charge is 0.273 e. The van der Waals surface area contributed by atoms with Crippen LogP contribution in [0.25, 0.3) is 0 Å². The van der Waals surface area contributed by atoms with E-state index in [0.717, 1.165) is 12.1 Å². The third-order valence-corrected chi connectivity index (χ3v) is 4.52. The van der Waals surface area contributed by atoms with Crippen molar-refractivity contribution in [3.63, 3.8) is 0 Å². The number of methoxy groups -OCH3 is 1. The van der Waals surface area contributed by atoms with Gasteiger partial charge in [0.1, 0.15) is 11.8 Å². The first-order chi connectivity index (χ1) is 12.8. The molecule has 144 valence electrons. The lowest BCUT2D eigenvalue weighted by molar-refractivity contribution is -0.384. The molecule has 2 rings (SSSR count). The fraction of sp³-hybridized carbons (Fsp3) is 0.350. The highest BCUT2D eigenvalue weighted by Gasteiger charge is 2.17. The highest BCUT2D eigenvalue weighted by Crippen LogP contribution is 2.29. The molecule has 0 aliphatic rings. The van der Waals surface area contributed by atoms with Gasteiger partial charge in [0.25, 0.3) is 5.69 Å². The van der Waals surface area contributed by atoms with Crippen molar-refractivity contribution in [1.82, 2.24) is 0 Å². The number of anilines is 2. The number of carbonyl (C=O) groups excluding carboxylic acids is 1. The molecule has 0 radical (unpaired) electrons. The van der Waals surface area contributed by atoms with Crippen LogP contribution in [0.15, 0.2) is 42.5 Å². The number of hydrogen-bond acceptors (Lipinski definition) is 5. The van der Waals surface area contributed by atoms with Gasteiger partial charge in [0, 0.05) is 11.8 Å². The first-order valence-corrected chi connectivity index (χ1v) is 8.85. The van der Waals surface area contributed by atoms with Crippen LogP contribution >= 0.6 is 0 Å². The molecule has 0 heterocycles. The number of nitrogens with one attached hydrogen (secondary N) is 2. The van der Waals surface area contributed by atoms with E-state index in [4.69, 9.17) is 4.74 Å². The Balaban J connectivity index is 2.04. The molecule has 2 atom stereocenters. The molecule has 0 spiro atoms. The van der Waals surface area contributed by atoms with E-state index in [1.54, 1.807) is 6.92 Å². The molecule has 0 unspecified atom stereocenters. The molecule has 7 heteroatoms. The molecular weight excluding hydrogens is 346 g/mol. The van der Waals surface area contributed by atoms with E-state index in [1.807, 2.05) is 12.1 Å². The van der Waals surface area contributed by atoms with Gasteiger partial charge in [-0.2, -0.15) is 0 Å². The van der Waals surface area contributed by atoms with Crippen LogP contribution in [-0.2, 0) is 4.79 Å². The summed E-state index contributed by atoms with van der Waals surface area (Å²) >= 11 is 0. The van der Waals surface area contributed by atoms with Gasteiger partial charge in [-0.05, 0) is 43.0 Å². The molecule has 0 bridgehead atoms. The number of hydrogen-bond donors (Lipinski definition) is 2. The van der Waals surface area contributed by atoms with E-state index in [2.05, 4.69) is 36.6 Å². The zero-order valence-electron chi connectivity index (χ0n) is 16.0. The van der Waals surface area contributed by atoms with Gasteiger partial charge < -0.3 is 15.4 Å². The maximum absolute atomic E-state index is 12.5. The predicted molar refractivity (Wildman–Crippen MR) is 107 cm³/mol. The normalized spacial score (nSPS) is 12.7. The van der Waals surface area contributed by atoms with Crippen molar-refractivity contribution >= 4 is 23.0 Å². The fourth-order valence-corrected chi connectivity index (χ4v) is 2.60. The van der Waals surface area contributed by atoms with Gasteiger partial charge in [0.2, 0.25) is 5.91 Å². The van der Waals surface area contributed by atoms with Gasteiger partial charge in [0.05, 0.1) is 23.8 Å². The minimum absolute atomic E-state index is 0.0996. The van der Waals surface area contributed by atoms with Gasteiger partial charge in [-0.3, -0.25) is 14.9 Å². The number of nitro benzene ring substituents is 1. The molecule has 1 amide bonds. The molecule has 0 saturated heterocycles. The van der Waals surface area contributed by atoms with Crippen molar-refractivity contribution in [2.75, 3.05) is 17.7 Å². The standard InChI is InChI=1S/C20H25N3O4/c1-5-13(2)15-6-8-16(9-7-15)21-14(3)20(24)22-18-11-10-17(23(25)26)12-19(18)27-4/h6-14,21H,5H2,1-4H3,(H,22,24)/t13-,14+/m0/s1. The van der Waals surface area contributed by atoms with Crippen LogP contribution in [0.1, 0.15) is 38.7 Å². The van der Waals surface area contributed by atoms with E-state index >= 15 is 0 Å².